The van der Waals surface area contributed by atoms with Gasteiger partial charge in [-0.05, 0) is 52.0 Å². The van der Waals surface area contributed by atoms with Gasteiger partial charge in [-0.2, -0.15) is 0 Å². The van der Waals surface area contributed by atoms with Crippen LogP contribution in [0.5, 0.6) is 0 Å². The van der Waals surface area contributed by atoms with E-state index >= 15 is 0 Å². The molecule has 0 aromatic rings. The summed E-state index contributed by atoms with van der Waals surface area (Å²) in [4.78, 5) is 14.2. The average Bonchev–Trinajstić information content (AvgIpc) is 3.09. The Bertz CT molecular complexity index is 348. The number of ether oxygens (including phenoxy) is 2. The van der Waals surface area contributed by atoms with Gasteiger partial charge in [-0.1, -0.05) is 6.42 Å². The van der Waals surface area contributed by atoms with Crippen molar-refractivity contribution < 1.29 is 14.3 Å². The summed E-state index contributed by atoms with van der Waals surface area (Å²) in [5, 5.41) is 5.82. The first kappa shape index (κ1) is 19.5. The van der Waals surface area contributed by atoms with Crippen molar-refractivity contribution in [3.8, 4) is 0 Å². The fraction of sp³-hybridized carbons (Fsp3) is 0.944. The van der Waals surface area contributed by atoms with Crippen LogP contribution >= 0.6 is 0 Å². The molecule has 2 amide bonds. The molecule has 2 rings (SSSR count). The number of hydrogen-bond acceptors (Lipinski definition) is 4. The van der Waals surface area contributed by atoms with Crippen molar-refractivity contribution in [2.45, 2.75) is 64.0 Å². The van der Waals surface area contributed by atoms with Crippen LogP contribution < -0.4 is 10.6 Å². The molecule has 0 aromatic heterocycles. The number of nitrogens with zero attached hydrogens (tertiary/aromatic N) is 1. The first-order valence-corrected chi connectivity index (χ1v) is 9.71. The van der Waals surface area contributed by atoms with Gasteiger partial charge in [0.25, 0.3) is 0 Å². The lowest BCUT2D eigenvalue weighted by Gasteiger charge is -2.33. The van der Waals surface area contributed by atoms with E-state index in [0.717, 1.165) is 45.4 Å². The predicted octanol–water partition coefficient (Wildman–Crippen LogP) is 2.14. The van der Waals surface area contributed by atoms with Gasteiger partial charge in [-0.15, -0.1) is 0 Å². The lowest BCUT2D eigenvalue weighted by molar-refractivity contribution is 0.0168. The van der Waals surface area contributed by atoms with Crippen LogP contribution in [0.15, 0.2) is 0 Å². The summed E-state index contributed by atoms with van der Waals surface area (Å²) < 4.78 is 11.1. The lowest BCUT2D eigenvalue weighted by atomic mass is 10.0. The fourth-order valence-corrected chi connectivity index (χ4v) is 3.40. The molecule has 2 aliphatic heterocycles. The Hall–Kier alpha value is -0.850. The number of hydrogen-bond donors (Lipinski definition) is 2. The van der Waals surface area contributed by atoms with Crippen molar-refractivity contribution in [2.24, 2.45) is 0 Å². The Balaban J connectivity index is 1.37. The molecule has 24 heavy (non-hydrogen) atoms. The highest BCUT2D eigenvalue weighted by Gasteiger charge is 2.17. The molecule has 2 atom stereocenters. The van der Waals surface area contributed by atoms with E-state index < -0.39 is 0 Å². The van der Waals surface area contributed by atoms with E-state index in [1.165, 1.54) is 25.8 Å². The fourth-order valence-electron chi connectivity index (χ4n) is 3.40. The molecule has 0 saturated carbocycles. The summed E-state index contributed by atoms with van der Waals surface area (Å²) in [6, 6.07) is 0.628. The van der Waals surface area contributed by atoms with E-state index in [-0.39, 0.29) is 12.1 Å². The van der Waals surface area contributed by atoms with Gasteiger partial charge >= 0.3 is 6.03 Å². The van der Waals surface area contributed by atoms with E-state index in [1.54, 1.807) is 0 Å². The quantitative estimate of drug-likeness (QED) is 0.598. The predicted molar refractivity (Wildman–Crippen MR) is 95.3 cm³/mol. The van der Waals surface area contributed by atoms with E-state index in [9.17, 15) is 4.79 Å². The Labute approximate surface area is 146 Å². The molecule has 2 unspecified atom stereocenters. The first-order chi connectivity index (χ1) is 11.8. The SMILES string of the molecule is CC1CCCCN1CCCNC(=O)NCCCOCC1CCCO1. The number of nitrogens with one attached hydrogen (secondary N) is 2. The van der Waals surface area contributed by atoms with Gasteiger partial charge in [0.05, 0.1) is 12.7 Å². The Kier molecular flexibility index (Phi) is 9.46. The second kappa shape index (κ2) is 11.7. The molecular formula is C18H35N3O3. The van der Waals surface area contributed by atoms with E-state index in [1.807, 2.05) is 0 Å². The lowest BCUT2D eigenvalue weighted by Crippen LogP contribution is -2.41. The minimum Gasteiger partial charge on any atom is -0.379 e. The number of piperidine rings is 1. The summed E-state index contributed by atoms with van der Waals surface area (Å²) in [5.74, 6) is 0. The largest absolute Gasteiger partial charge is 0.379 e. The number of rotatable bonds is 10. The van der Waals surface area contributed by atoms with Crippen molar-refractivity contribution in [1.29, 1.82) is 0 Å². The first-order valence-electron chi connectivity index (χ1n) is 9.71. The molecule has 0 radical (unpaired) electrons. The second-order valence-corrected chi connectivity index (χ2v) is 6.98. The summed E-state index contributed by atoms with van der Waals surface area (Å²) in [5.41, 5.74) is 0. The number of amides is 2. The maximum absolute atomic E-state index is 11.7. The highest BCUT2D eigenvalue weighted by Crippen LogP contribution is 2.16. The zero-order valence-corrected chi connectivity index (χ0v) is 15.2. The number of likely N-dealkylation sites (tertiary alicyclic amines) is 1. The van der Waals surface area contributed by atoms with Crippen molar-refractivity contribution in [1.82, 2.24) is 15.5 Å². The molecule has 6 nitrogen and oxygen atoms in total. The zero-order valence-electron chi connectivity index (χ0n) is 15.2. The Morgan fingerprint density at radius 1 is 1.17 bits per heavy atom. The summed E-state index contributed by atoms with van der Waals surface area (Å²) >= 11 is 0. The summed E-state index contributed by atoms with van der Waals surface area (Å²) in [7, 11) is 0. The molecule has 2 heterocycles. The van der Waals surface area contributed by atoms with Crippen molar-refractivity contribution in [3.63, 3.8) is 0 Å². The number of carbonyl (C=O) groups excluding carboxylic acids is 1. The molecule has 2 N–H and O–H groups in total. The van der Waals surface area contributed by atoms with Gasteiger partial charge in [-0.25, -0.2) is 4.79 Å². The van der Waals surface area contributed by atoms with Crippen LogP contribution in [0.2, 0.25) is 0 Å². The molecule has 0 aromatic carbocycles. The van der Waals surface area contributed by atoms with E-state index in [4.69, 9.17) is 9.47 Å². The van der Waals surface area contributed by atoms with Crippen molar-refractivity contribution in [3.05, 3.63) is 0 Å². The molecule has 2 aliphatic rings. The molecule has 0 aliphatic carbocycles. The van der Waals surface area contributed by atoms with Crippen LogP contribution in [-0.2, 0) is 9.47 Å². The standard InChI is InChI=1S/C18H35N3O3/c1-16-7-2-3-11-21(16)12-5-9-19-18(22)20-10-6-13-23-15-17-8-4-14-24-17/h16-17H,2-15H2,1H3,(H2,19,20,22). The minimum atomic E-state index is -0.0687. The van der Waals surface area contributed by atoms with E-state index in [2.05, 4.69) is 22.5 Å². The van der Waals surface area contributed by atoms with Gasteiger partial charge in [0.1, 0.15) is 0 Å². The van der Waals surface area contributed by atoms with Gasteiger partial charge in [0, 0.05) is 38.9 Å². The summed E-state index contributed by atoms with van der Waals surface area (Å²) in [6.45, 7) is 8.21. The third-order valence-corrected chi connectivity index (χ3v) is 4.93. The third-order valence-electron chi connectivity index (χ3n) is 4.93. The highest BCUT2D eigenvalue weighted by molar-refractivity contribution is 5.73. The Morgan fingerprint density at radius 2 is 2.00 bits per heavy atom. The van der Waals surface area contributed by atoms with Gasteiger partial charge in [0.2, 0.25) is 0 Å². The van der Waals surface area contributed by atoms with Crippen molar-refractivity contribution >= 4 is 6.03 Å². The Morgan fingerprint density at radius 3 is 2.75 bits per heavy atom. The number of urea groups is 1. The normalized spacial score (nSPS) is 24.9. The molecule has 140 valence electrons. The van der Waals surface area contributed by atoms with Gasteiger partial charge in [-0.3, -0.25) is 0 Å². The monoisotopic (exact) mass is 341 g/mol. The van der Waals surface area contributed by atoms with Crippen LogP contribution in [0, 0.1) is 0 Å². The second-order valence-electron chi connectivity index (χ2n) is 6.98. The average molecular weight is 341 g/mol. The molecule has 2 fully saturated rings. The van der Waals surface area contributed by atoms with Crippen molar-refractivity contribution in [2.75, 3.05) is 46.0 Å². The summed E-state index contributed by atoms with van der Waals surface area (Å²) in [6.07, 6.45) is 8.37. The molecule has 2 saturated heterocycles. The highest BCUT2D eigenvalue weighted by atomic mass is 16.5. The topological polar surface area (TPSA) is 62.8 Å². The van der Waals surface area contributed by atoms with Gasteiger partial charge < -0.3 is 25.0 Å². The van der Waals surface area contributed by atoms with Crippen LogP contribution in [0.4, 0.5) is 4.79 Å². The van der Waals surface area contributed by atoms with Crippen LogP contribution in [-0.4, -0.2) is 69.1 Å². The number of carbonyl (C=O) groups is 1. The molecular weight excluding hydrogens is 306 g/mol. The maximum atomic E-state index is 11.7. The third kappa shape index (κ3) is 7.81. The minimum absolute atomic E-state index is 0.0687. The van der Waals surface area contributed by atoms with Crippen LogP contribution in [0.3, 0.4) is 0 Å². The smallest absolute Gasteiger partial charge is 0.314 e. The molecule has 6 heteroatoms. The van der Waals surface area contributed by atoms with Crippen LogP contribution in [0.25, 0.3) is 0 Å². The van der Waals surface area contributed by atoms with E-state index in [0.29, 0.717) is 25.8 Å². The van der Waals surface area contributed by atoms with Gasteiger partial charge in [0.15, 0.2) is 0 Å². The zero-order chi connectivity index (χ0) is 17.0. The maximum Gasteiger partial charge on any atom is 0.314 e. The molecule has 0 spiro atoms. The molecule has 0 bridgehead atoms. The van der Waals surface area contributed by atoms with Crippen LogP contribution in [0.1, 0.15) is 51.9 Å².